The van der Waals surface area contributed by atoms with Gasteiger partial charge in [0.05, 0.1) is 17.8 Å². The largest absolute Gasteiger partial charge is 0.478 e. The number of nitrogens with zero attached hydrogens (tertiary/aromatic N) is 2. The molecular weight excluding hydrogens is 268 g/mol. The maximum atomic E-state index is 11.6. The van der Waals surface area contributed by atoms with Crippen LogP contribution in [0.25, 0.3) is 0 Å². The Bertz CT molecular complexity index is 605. The molecule has 0 bridgehead atoms. The average Bonchev–Trinajstić information content (AvgIpc) is 2.95. The van der Waals surface area contributed by atoms with Crippen molar-refractivity contribution in [3.05, 3.63) is 35.0 Å². The van der Waals surface area contributed by atoms with Gasteiger partial charge in [-0.1, -0.05) is 0 Å². The van der Waals surface area contributed by atoms with Gasteiger partial charge < -0.3 is 10.4 Å². The van der Waals surface area contributed by atoms with Gasteiger partial charge in [0.1, 0.15) is 5.00 Å². The zero-order chi connectivity index (χ0) is 13.8. The van der Waals surface area contributed by atoms with E-state index in [0.717, 1.165) is 17.0 Å². The van der Waals surface area contributed by atoms with Crippen molar-refractivity contribution in [3.63, 3.8) is 0 Å². The first-order valence-electron chi connectivity index (χ1n) is 5.40. The van der Waals surface area contributed by atoms with Crippen LogP contribution in [0.3, 0.4) is 0 Å². The number of carbonyl (C=O) groups excluding carboxylic acids is 1. The number of aromatic nitrogens is 2. The van der Waals surface area contributed by atoms with E-state index in [-0.39, 0.29) is 12.1 Å². The number of anilines is 1. The lowest BCUT2D eigenvalue weighted by Gasteiger charge is -2.05. The fraction of sp³-hybridized carbons (Fsp3) is 0.182. The summed E-state index contributed by atoms with van der Waals surface area (Å²) >= 11 is 1.16. The zero-order valence-electron chi connectivity index (χ0n) is 10.1. The van der Waals surface area contributed by atoms with E-state index in [2.05, 4.69) is 15.7 Å². The second-order valence-corrected chi connectivity index (χ2v) is 4.67. The van der Waals surface area contributed by atoms with Crippen molar-refractivity contribution in [2.45, 2.75) is 6.54 Å². The van der Waals surface area contributed by atoms with Gasteiger partial charge >= 0.3 is 12.0 Å². The first kappa shape index (κ1) is 13.1. The number of thiophene rings is 1. The number of amides is 2. The van der Waals surface area contributed by atoms with Crippen molar-refractivity contribution < 1.29 is 14.7 Å². The van der Waals surface area contributed by atoms with E-state index in [1.165, 1.54) is 6.07 Å². The SMILES string of the molecule is Cn1ccc(CNC(=O)Nc2sccc2C(=O)O)n1. The molecule has 0 fully saturated rings. The topological polar surface area (TPSA) is 96.2 Å². The summed E-state index contributed by atoms with van der Waals surface area (Å²) in [4.78, 5) is 22.5. The Morgan fingerprint density at radius 3 is 2.89 bits per heavy atom. The molecule has 0 aliphatic heterocycles. The zero-order valence-corrected chi connectivity index (χ0v) is 10.9. The quantitative estimate of drug-likeness (QED) is 0.790. The number of urea groups is 1. The van der Waals surface area contributed by atoms with Gasteiger partial charge in [0, 0.05) is 13.2 Å². The van der Waals surface area contributed by atoms with Crippen LogP contribution in [0.2, 0.25) is 0 Å². The molecule has 7 nitrogen and oxygen atoms in total. The van der Waals surface area contributed by atoms with Crippen molar-refractivity contribution in [1.82, 2.24) is 15.1 Å². The number of carboxylic acid groups (broad SMARTS) is 1. The highest BCUT2D eigenvalue weighted by atomic mass is 32.1. The molecule has 0 atom stereocenters. The lowest BCUT2D eigenvalue weighted by atomic mass is 10.3. The highest BCUT2D eigenvalue weighted by Gasteiger charge is 2.13. The third kappa shape index (κ3) is 3.32. The van der Waals surface area contributed by atoms with Crippen LogP contribution in [-0.4, -0.2) is 26.9 Å². The van der Waals surface area contributed by atoms with E-state index >= 15 is 0 Å². The number of carboxylic acids is 1. The molecule has 0 unspecified atom stereocenters. The molecule has 19 heavy (non-hydrogen) atoms. The first-order chi connectivity index (χ1) is 9.06. The molecule has 2 amide bonds. The maximum absolute atomic E-state index is 11.6. The molecule has 0 aliphatic rings. The summed E-state index contributed by atoms with van der Waals surface area (Å²) < 4.78 is 1.64. The van der Waals surface area contributed by atoms with Gasteiger partial charge in [-0.05, 0) is 17.5 Å². The molecular formula is C11H12N4O3S. The maximum Gasteiger partial charge on any atom is 0.338 e. The lowest BCUT2D eigenvalue weighted by molar-refractivity contribution is 0.0698. The second kappa shape index (κ2) is 5.53. The van der Waals surface area contributed by atoms with Gasteiger partial charge in [0.15, 0.2) is 0 Å². The van der Waals surface area contributed by atoms with Crippen molar-refractivity contribution in [1.29, 1.82) is 0 Å². The summed E-state index contributed by atoms with van der Waals surface area (Å²) in [6.45, 7) is 0.278. The lowest BCUT2D eigenvalue weighted by Crippen LogP contribution is -2.28. The molecule has 0 saturated carbocycles. The van der Waals surface area contributed by atoms with E-state index in [1.807, 2.05) is 0 Å². The van der Waals surface area contributed by atoms with Crippen molar-refractivity contribution in [2.24, 2.45) is 7.05 Å². The normalized spacial score (nSPS) is 10.2. The van der Waals surface area contributed by atoms with Crippen molar-refractivity contribution >= 4 is 28.3 Å². The number of carbonyl (C=O) groups is 2. The number of hydrogen-bond acceptors (Lipinski definition) is 4. The smallest absolute Gasteiger partial charge is 0.338 e. The summed E-state index contributed by atoms with van der Waals surface area (Å²) in [6.07, 6.45) is 1.77. The van der Waals surface area contributed by atoms with E-state index in [1.54, 1.807) is 29.4 Å². The number of aromatic carboxylic acids is 1. The Morgan fingerprint density at radius 2 is 2.26 bits per heavy atom. The third-order valence-electron chi connectivity index (χ3n) is 2.32. The molecule has 2 aromatic heterocycles. The van der Waals surface area contributed by atoms with Gasteiger partial charge in [-0.25, -0.2) is 9.59 Å². The molecule has 2 aromatic rings. The van der Waals surface area contributed by atoms with Crippen LogP contribution in [0, 0.1) is 0 Å². The second-order valence-electron chi connectivity index (χ2n) is 3.76. The Balaban J connectivity index is 1.90. The number of hydrogen-bond donors (Lipinski definition) is 3. The van der Waals surface area contributed by atoms with Gasteiger partial charge in [-0.15, -0.1) is 11.3 Å². The molecule has 3 N–H and O–H groups in total. The fourth-order valence-electron chi connectivity index (χ4n) is 1.45. The first-order valence-corrected chi connectivity index (χ1v) is 6.28. The molecule has 0 saturated heterocycles. The summed E-state index contributed by atoms with van der Waals surface area (Å²) in [5.74, 6) is -1.07. The van der Waals surface area contributed by atoms with Gasteiger partial charge in [-0.3, -0.25) is 10.00 Å². The van der Waals surface area contributed by atoms with E-state index in [0.29, 0.717) is 5.00 Å². The standard InChI is InChI=1S/C11H12N4O3S/c1-15-4-2-7(14-15)6-12-11(18)13-9-8(10(16)17)3-5-19-9/h2-5H,6H2,1H3,(H,16,17)(H2,12,13,18). The third-order valence-corrected chi connectivity index (χ3v) is 3.15. The fourth-order valence-corrected chi connectivity index (χ4v) is 2.22. The Hall–Kier alpha value is -2.35. The van der Waals surface area contributed by atoms with Crippen LogP contribution >= 0.6 is 11.3 Å². The number of aryl methyl sites for hydroxylation is 1. The highest BCUT2D eigenvalue weighted by Crippen LogP contribution is 2.22. The summed E-state index contributed by atoms with van der Waals surface area (Å²) in [5.41, 5.74) is 0.806. The van der Waals surface area contributed by atoms with Crippen molar-refractivity contribution in [2.75, 3.05) is 5.32 Å². The minimum absolute atomic E-state index is 0.0815. The molecule has 0 aromatic carbocycles. The van der Waals surface area contributed by atoms with Crippen LogP contribution in [0.5, 0.6) is 0 Å². The highest BCUT2D eigenvalue weighted by molar-refractivity contribution is 7.14. The van der Waals surface area contributed by atoms with Gasteiger partial charge in [0.2, 0.25) is 0 Å². The monoisotopic (exact) mass is 280 g/mol. The van der Waals surface area contributed by atoms with Crippen LogP contribution < -0.4 is 10.6 Å². The number of nitrogens with one attached hydrogen (secondary N) is 2. The summed E-state index contributed by atoms with van der Waals surface area (Å²) in [6, 6.07) is 2.77. The Labute approximate surface area is 112 Å². The number of rotatable bonds is 4. The van der Waals surface area contributed by atoms with E-state index in [4.69, 9.17) is 5.11 Å². The van der Waals surface area contributed by atoms with Gasteiger partial charge in [0.25, 0.3) is 0 Å². The minimum atomic E-state index is -1.07. The molecule has 2 rings (SSSR count). The van der Waals surface area contributed by atoms with Crippen LogP contribution in [0.4, 0.5) is 9.80 Å². The van der Waals surface area contributed by atoms with E-state index in [9.17, 15) is 9.59 Å². The molecule has 0 aliphatic carbocycles. The molecule has 8 heteroatoms. The predicted molar refractivity (Wildman–Crippen MR) is 70.3 cm³/mol. The summed E-state index contributed by atoms with van der Waals surface area (Å²) in [5, 5.41) is 20.0. The molecule has 2 heterocycles. The predicted octanol–water partition coefficient (Wildman–Crippen LogP) is 1.50. The Morgan fingerprint density at radius 1 is 1.47 bits per heavy atom. The van der Waals surface area contributed by atoms with Crippen LogP contribution in [-0.2, 0) is 13.6 Å². The average molecular weight is 280 g/mol. The molecule has 0 radical (unpaired) electrons. The Kier molecular flexibility index (Phi) is 3.81. The van der Waals surface area contributed by atoms with E-state index < -0.39 is 12.0 Å². The molecule has 100 valence electrons. The van der Waals surface area contributed by atoms with Crippen LogP contribution in [0.1, 0.15) is 16.1 Å². The van der Waals surface area contributed by atoms with Gasteiger partial charge in [-0.2, -0.15) is 5.10 Å². The van der Waals surface area contributed by atoms with Crippen molar-refractivity contribution in [3.8, 4) is 0 Å². The molecule has 0 spiro atoms. The van der Waals surface area contributed by atoms with Crippen LogP contribution in [0.15, 0.2) is 23.7 Å². The minimum Gasteiger partial charge on any atom is -0.478 e. The summed E-state index contributed by atoms with van der Waals surface area (Å²) in [7, 11) is 1.79.